The lowest BCUT2D eigenvalue weighted by molar-refractivity contribution is -0.123. The lowest BCUT2D eigenvalue weighted by Crippen LogP contribution is -2.35. The van der Waals surface area contributed by atoms with Crippen LogP contribution in [-0.4, -0.2) is 37.7 Å². The molecule has 7 nitrogen and oxygen atoms in total. The van der Waals surface area contributed by atoms with Crippen LogP contribution in [0.5, 0.6) is 0 Å². The maximum Gasteiger partial charge on any atom is 0.339 e. The first-order valence-electron chi connectivity index (χ1n) is 10.1. The molecule has 0 aromatic heterocycles. The molecule has 8 heteroatoms. The molecule has 2 aromatic rings. The van der Waals surface area contributed by atoms with Crippen molar-refractivity contribution < 1.29 is 22.7 Å². The van der Waals surface area contributed by atoms with Crippen molar-refractivity contribution in [3.63, 3.8) is 0 Å². The number of ether oxygens (including phenoxy) is 1. The van der Waals surface area contributed by atoms with E-state index in [4.69, 9.17) is 4.74 Å². The Morgan fingerprint density at radius 2 is 1.73 bits per heavy atom. The van der Waals surface area contributed by atoms with Crippen LogP contribution in [-0.2, 0) is 26.1 Å². The van der Waals surface area contributed by atoms with Crippen LogP contribution in [0.4, 0.5) is 0 Å². The summed E-state index contributed by atoms with van der Waals surface area (Å²) in [5, 5.41) is 2.80. The molecule has 0 radical (unpaired) electrons. The Kier molecular flexibility index (Phi) is 5.87. The number of hydrogen-bond acceptors (Lipinski definition) is 5. The predicted octanol–water partition coefficient (Wildman–Crippen LogP) is 2.78. The summed E-state index contributed by atoms with van der Waals surface area (Å²) in [5.74, 6) is -0.650. The molecule has 2 aliphatic heterocycles. The number of sulfonamides is 1. The van der Waals surface area contributed by atoms with Crippen molar-refractivity contribution in [3.8, 4) is 0 Å². The van der Waals surface area contributed by atoms with Gasteiger partial charge >= 0.3 is 5.97 Å². The second kappa shape index (κ2) is 8.57. The Balaban J connectivity index is 1.33. The van der Waals surface area contributed by atoms with Crippen LogP contribution >= 0.6 is 0 Å². The minimum atomic E-state index is -3.46. The maximum atomic E-state index is 12.7. The summed E-state index contributed by atoms with van der Waals surface area (Å²) < 4.78 is 32.2. The maximum absolute atomic E-state index is 12.7. The SMILES string of the molecule is O=C(C[C@@H]1OC(=O)c2ccccc21)NCc1ccc(S(=O)(=O)N2CCCCC2)cc1. The van der Waals surface area contributed by atoms with Gasteiger partial charge in [0.05, 0.1) is 16.9 Å². The minimum absolute atomic E-state index is 0.0458. The number of esters is 1. The topological polar surface area (TPSA) is 92.8 Å². The highest BCUT2D eigenvalue weighted by Crippen LogP contribution is 2.32. The highest BCUT2D eigenvalue weighted by atomic mass is 32.2. The zero-order valence-electron chi connectivity index (χ0n) is 16.5. The molecule has 0 spiro atoms. The van der Waals surface area contributed by atoms with E-state index in [9.17, 15) is 18.0 Å². The molecule has 4 rings (SSSR count). The fourth-order valence-corrected chi connectivity index (χ4v) is 5.36. The first-order chi connectivity index (χ1) is 14.4. The van der Waals surface area contributed by atoms with Crippen molar-refractivity contribution in [1.29, 1.82) is 0 Å². The quantitative estimate of drug-likeness (QED) is 0.714. The molecule has 30 heavy (non-hydrogen) atoms. The van der Waals surface area contributed by atoms with E-state index >= 15 is 0 Å². The third kappa shape index (κ3) is 4.24. The van der Waals surface area contributed by atoms with E-state index < -0.39 is 22.1 Å². The Morgan fingerprint density at radius 1 is 1.03 bits per heavy atom. The van der Waals surface area contributed by atoms with Gasteiger partial charge in [0.1, 0.15) is 6.10 Å². The number of fused-ring (bicyclic) bond motifs is 1. The molecule has 0 aliphatic carbocycles. The summed E-state index contributed by atoms with van der Waals surface area (Å²) in [7, 11) is -3.46. The van der Waals surface area contributed by atoms with Crippen LogP contribution in [0.3, 0.4) is 0 Å². The fraction of sp³-hybridized carbons (Fsp3) is 0.364. The number of amides is 1. The number of nitrogens with zero attached hydrogens (tertiary/aromatic N) is 1. The van der Waals surface area contributed by atoms with Gasteiger partial charge in [0.2, 0.25) is 15.9 Å². The van der Waals surface area contributed by atoms with Crippen molar-refractivity contribution in [1.82, 2.24) is 9.62 Å². The number of carbonyl (C=O) groups is 2. The Bertz CT molecular complexity index is 1040. The number of rotatable bonds is 6. The van der Waals surface area contributed by atoms with Crippen LogP contribution in [0, 0.1) is 0 Å². The largest absolute Gasteiger partial charge is 0.453 e. The van der Waals surface area contributed by atoms with Crippen LogP contribution in [0.15, 0.2) is 53.4 Å². The second-order valence-corrected chi connectivity index (χ2v) is 9.51. The van der Waals surface area contributed by atoms with Gasteiger partial charge in [0.25, 0.3) is 0 Å². The Labute approximate surface area is 176 Å². The highest BCUT2D eigenvalue weighted by molar-refractivity contribution is 7.89. The first kappa shape index (κ1) is 20.6. The monoisotopic (exact) mass is 428 g/mol. The number of nitrogens with one attached hydrogen (secondary N) is 1. The number of hydrogen-bond donors (Lipinski definition) is 1. The fourth-order valence-electron chi connectivity index (χ4n) is 3.85. The molecular formula is C22H24N2O5S. The van der Waals surface area contributed by atoms with E-state index in [0.717, 1.165) is 30.4 Å². The molecule has 2 heterocycles. The zero-order valence-corrected chi connectivity index (χ0v) is 17.4. The van der Waals surface area contributed by atoms with Crippen LogP contribution in [0.2, 0.25) is 0 Å². The van der Waals surface area contributed by atoms with Crippen molar-refractivity contribution in [2.75, 3.05) is 13.1 Å². The molecular weight excluding hydrogens is 404 g/mol. The van der Waals surface area contributed by atoms with Crippen molar-refractivity contribution in [3.05, 3.63) is 65.2 Å². The molecule has 158 valence electrons. The van der Waals surface area contributed by atoms with E-state index in [2.05, 4.69) is 5.32 Å². The molecule has 2 aliphatic rings. The van der Waals surface area contributed by atoms with Crippen molar-refractivity contribution in [2.24, 2.45) is 0 Å². The lowest BCUT2D eigenvalue weighted by Gasteiger charge is -2.25. The van der Waals surface area contributed by atoms with Gasteiger partial charge in [-0.15, -0.1) is 0 Å². The molecule has 0 unspecified atom stereocenters. The highest BCUT2D eigenvalue weighted by Gasteiger charge is 2.32. The van der Waals surface area contributed by atoms with Crippen molar-refractivity contribution in [2.45, 2.75) is 43.2 Å². The van der Waals surface area contributed by atoms with Crippen molar-refractivity contribution >= 4 is 21.9 Å². The van der Waals surface area contributed by atoms with Crippen LogP contribution in [0.1, 0.15) is 53.3 Å². The van der Waals surface area contributed by atoms with Gasteiger partial charge in [-0.25, -0.2) is 13.2 Å². The summed E-state index contributed by atoms with van der Waals surface area (Å²) in [5.41, 5.74) is 2.02. The smallest absolute Gasteiger partial charge is 0.339 e. The average Bonchev–Trinajstić information content (AvgIpc) is 3.09. The summed E-state index contributed by atoms with van der Waals surface area (Å²) in [6, 6.07) is 13.6. The zero-order chi connectivity index (χ0) is 21.1. The third-order valence-electron chi connectivity index (χ3n) is 5.51. The summed E-state index contributed by atoms with van der Waals surface area (Å²) in [6.07, 6.45) is 2.32. The lowest BCUT2D eigenvalue weighted by atomic mass is 10.0. The molecule has 1 amide bonds. The molecule has 1 saturated heterocycles. The molecule has 1 fully saturated rings. The van der Waals surface area contributed by atoms with E-state index in [-0.39, 0.29) is 23.8 Å². The predicted molar refractivity (Wildman–Crippen MR) is 110 cm³/mol. The number of cyclic esters (lactones) is 1. The minimum Gasteiger partial charge on any atom is -0.453 e. The molecule has 0 saturated carbocycles. The van der Waals surface area contributed by atoms with Crippen LogP contribution in [0.25, 0.3) is 0 Å². The third-order valence-corrected chi connectivity index (χ3v) is 7.43. The molecule has 1 atom stereocenters. The van der Waals surface area contributed by atoms with Gasteiger partial charge in [-0.05, 0) is 36.6 Å². The number of carbonyl (C=O) groups excluding carboxylic acids is 2. The Hall–Kier alpha value is -2.71. The van der Waals surface area contributed by atoms with Gasteiger partial charge in [0.15, 0.2) is 0 Å². The van der Waals surface area contributed by atoms with E-state index in [0.29, 0.717) is 18.7 Å². The second-order valence-electron chi connectivity index (χ2n) is 7.57. The van der Waals surface area contributed by atoms with Gasteiger partial charge in [0, 0.05) is 25.2 Å². The van der Waals surface area contributed by atoms with Gasteiger partial charge in [-0.1, -0.05) is 36.8 Å². The van der Waals surface area contributed by atoms with Gasteiger partial charge < -0.3 is 10.1 Å². The van der Waals surface area contributed by atoms with Gasteiger partial charge in [-0.3, -0.25) is 4.79 Å². The summed E-state index contributed by atoms with van der Waals surface area (Å²) >= 11 is 0. The van der Waals surface area contributed by atoms with E-state index in [1.807, 2.05) is 6.07 Å². The summed E-state index contributed by atoms with van der Waals surface area (Å²) in [6.45, 7) is 1.40. The molecule has 0 bridgehead atoms. The Morgan fingerprint density at radius 3 is 2.47 bits per heavy atom. The number of benzene rings is 2. The normalized spacial score (nSPS) is 19.2. The van der Waals surface area contributed by atoms with Crippen LogP contribution < -0.4 is 5.32 Å². The number of piperidine rings is 1. The average molecular weight is 429 g/mol. The molecule has 2 aromatic carbocycles. The van der Waals surface area contributed by atoms with Gasteiger partial charge in [-0.2, -0.15) is 4.31 Å². The summed E-state index contributed by atoms with van der Waals surface area (Å²) in [4.78, 5) is 24.4. The molecule has 1 N–H and O–H groups in total. The van der Waals surface area contributed by atoms with E-state index in [1.54, 1.807) is 42.5 Å². The van der Waals surface area contributed by atoms with E-state index in [1.165, 1.54) is 4.31 Å². The standard InChI is InChI=1S/C22H24N2O5S/c25-21(14-20-18-6-2-3-7-19(18)22(26)29-20)23-15-16-8-10-17(11-9-16)30(27,28)24-12-4-1-5-13-24/h2-3,6-11,20H,1,4-5,12-15H2,(H,23,25)/t20-/m0/s1. The first-order valence-corrected chi connectivity index (χ1v) is 11.5.